The number of nitrogens with zero attached hydrogens (tertiary/aromatic N) is 1. The first-order valence-electron chi connectivity index (χ1n) is 9.60. The molecule has 0 bridgehead atoms. The molecule has 140 valence electrons. The van der Waals surface area contributed by atoms with E-state index in [0.717, 1.165) is 35.8 Å². The van der Waals surface area contributed by atoms with Gasteiger partial charge in [-0.3, -0.25) is 4.98 Å². The van der Waals surface area contributed by atoms with Gasteiger partial charge in [0.05, 0.1) is 11.9 Å². The Morgan fingerprint density at radius 1 is 0.786 bits per heavy atom. The van der Waals surface area contributed by atoms with E-state index in [2.05, 4.69) is 24.0 Å². The van der Waals surface area contributed by atoms with Crippen LogP contribution in [0.3, 0.4) is 0 Å². The maximum Gasteiger partial charge on any atom is 0.149 e. The molecular weight excluding hydrogens is 352 g/mol. The minimum atomic E-state index is -0.357. The summed E-state index contributed by atoms with van der Waals surface area (Å²) in [6.07, 6.45) is 4.55. The molecule has 0 aliphatic carbocycles. The van der Waals surface area contributed by atoms with Crippen LogP contribution in [0.5, 0.6) is 0 Å². The Bertz CT molecular complexity index is 1120. The third-order valence-electron chi connectivity index (χ3n) is 5.07. The highest BCUT2D eigenvalue weighted by Crippen LogP contribution is 2.32. The number of halogens is 2. The highest BCUT2D eigenvalue weighted by Gasteiger charge is 2.12. The molecule has 0 aliphatic heterocycles. The molecular formula is C25H21F2N. The fourth-order valence-corrected chi connectivity index (χ4v) is 3.51. The first-order valence-corrected chi connectivity index (χ1v) is 9.60. The van der Waals surface area contributed by atoms with E-state index in [-0.39, 0.29) is 11.6 Å². The van der Waals surface area contributed by atoms with Crippen LogP contribution < -0.4 is 0 Å². The monoisotopic (exact) mass is 373 g/mol. The number of fused-ring (bicyclic) bond motifs is 1. The highest BCUT2D eigenvalue weighted by molar-refractivity contribution is 5.95. The van der Waals surface area contributed by atoms with Crippen molar-refractivity contribution in [3.05, 3.63) is 90.1 Å². The predicted molar refractivity (Wildman–Crippen MR) is 111 cm³/mol. The van der Waals surface area contributed by atoms with Gasteiger partial charge >= 0.3 is 0 Å². The summed E-state index contributed by atoms with van der Waals surface area (Å²) in [6.45, 7) is 2.17. The Hall–Kier alpha value is -3.07. The third-order valence-corrected chi connectivity index (χ3v) is 5.07. The summed E-state index contributed by atoms with van der Waals surface area (Å²) in [5, 5.41) is 1.23. The maximum atomic E-state index is 14.6. The predicted octanol–water partition coefficient (Wildman–Crippen LogP) is 7.19. The van der Waals surface area contributed by atoms with E-state index in [1.165, 1.54) is 17.8 Å². The van der Waals surface area contributed by atoms with E-state index in [4.69, 9.17) is 0 Å². The van der Waals surface area contributed by atoms with Crippen LogP contribution in [-0.4, -0.2) is 4.98 Å². The van der Waals surface area contributed by atoms with E-state index in [1.807, 2.05) is 24.3 Å². The minimum Gasteiger partial charge on any atom is -0.253 e. The molecule has 0 saturated carbocycles. The number of unbranched alkanes of at least 4 members (excludes halogenated alkanes) is 1. The van der Waals surface area contributed by atoms with Gasteiger partial charge in [0.15, 0.2) is 0 Å². The molecule has 3 aromatic carbocycles. The van der Waals surface area contributed by atoms with E-state index in [1.54, 1.807) is 24.3 Å². The van der Waals surface area contributed by atoms with Gasteiger partial charge in [-0.2, -0.15) is 0 Å². The molecule has 0 saturated heterocycles. The van der Waals surface area contributed by atoms with Gasteiger partial charge in [0, 0.05) is 21.9 Å². The number of aromatic nitrogens is 1. The fraction of sp³-hybridized carbons (Fsp3) is 0.160. The first-order chi connectivity index (χ1) is 13.7. The molecule has 3 heteroatoms. The van der Waals surface area contributed by atoms with Crippen LogP contribution in [0.25, 0.3) is 33.2 Å². The van der Waals surface area contributed by atoms with Crippen molar-refractivity contribution in [2.24, 2.45) is 0 Å². The maximum absolute atomic E-state index is 14.6. The normalized spacial score (nSPS) is 11.1. The average Bonchev–Trinajstić information content (AvgIpc) is 2.74. The first kappa shape index (κ1) is 18.3. The zero-order valence-electron chi connectivity index (χ0n) is 15.8. The quantitative estimate of drug-likeness (QED) is 0.361. The van der Waals surface area contributed by atoms with Crippen molar-refractivity contribution in [1.29, 1.82) is 0 Å². The summed E-state index contributed by atoms with van der Waals surface area (Å²) in [4.78, 5) is 4.29. The summed E-state index contributed by atoms with van der Waals surface area (Å²) in [5.74, 6) is -0.638. The lowest BCUT2D eigenvalue weighted by Gasteiger charge is -2.10. The molecule has 0 atom stereocenters. The van der Waals surface area contributed by atoms with Gasteiger partial charge in [-0.25, -0.2) is 8.78 Å². The second kappa shape index (κ2) is 7.89. The van der Waals surface area contributed by atoms with Gasteiger partial charge < -0.3 is 0 Å². The number of hydrogen-bond donors (Lipinski definition) is 0. The van der Waals surface area contributed by atoms with Crippen molar-refractivity contribution in [3.63, 3.8) is 0 Å². The SMILES string of the molecule is CCCCc1ccc(-c2cc(-c3ncc(F)c4ccccc34)ccc2F)cc1. The molecule has 1 heterocycles. The summed E-state index contributed by atoms with van der Waals surface area (Å²) in [5.41, 5.74) is 4.02. The number of benzene rings is 3. The lowest BCUT2D eigenvalue weighted by Crippen LogP contribution is -1.92. The Labute approximate surface area is 163 Å². The third kappa shape index (κ3) is 3.53. The van der Waals surface area contributed by atoms with Crippen molar-refractivity contribution in [1.82, 2.24) is 4.98 Å². The number of aryl methyl sites for hydroxylation is 1. The van der Waals surface area contributed by atoms with Gasteiger partial charge in [-0.05, 0) is 42.2 Å². The number of pyridine rings is 1. The zero-order chi connectivity index (χ0) is 19.5. The number of rotatable bonds is 5. The van der Waals surface area contributed by atoms with Crippen molar-refractivity contribution in [2.75, 3.05) is 0 Å². The molecule has 0 radical (unpaired) electrons. The van der Waals surface area contributed by atoms with E-state index >= 15 is 0 Å². The van der Waals surface area contributed by atoms with Crippen LogP contribution in [0.2, 0.25) is 0 Å². The van der Waals surface area contributed by atoms with Crippen LogP contribution in [0.1, 0.15) is 25.3 Å². The molecule has 28 heavy (non-hydrogen) atoms. The van der Waals surface area contributed by atoms with Gasteiger partial charge in [-0.15, -0.1) is 0 Å². The van der Waals surface area contributed by atoms with Crippen LogP contribution in [0, 0.1) is 11.6 Å². The Morgan fingerprint density at radius 3 is 2.25 bits per heavy atom. The standard InChI is InChI=1S/C25H21F2N/c1-2-3-6-17-9-11-18(12-10-17)22-15-19(13-14-23(22)26)25-21-8-5-4-7-20(21)24(27)16-28-25/h4-5,7-16H,2-3,6H2,1H3. The fourth-order valence-electron chi connectivity index (χ4n) is 3.51. The summed E-state index contributed by atoms with van der Waals surface area (Å²) >= 11 is 0. The highest BCUT2D eigenvalue weighted by atomic mass is 19.1. The second-order valence-electron chi connectivity index (χ2n) is 7.00. The topological polar surface area (TPSA) is 12.9 Å². The molecule has 4 rings (SSSR count). The average molecular weight is 373 g/mol. The minimum absolute atomic E-state index is 0.281. The zero-order valence-corrected chi connectivity index (χ0v) is 15.8. The van der Waals surface area contributed by atoms with Gasteiger partial charge in [-0.1, -0.05) is 61.9 Å². The smallest absolute Gasteiger partial charge is 0.149 e. The van der Waals surface area contributed by atoms with Crippen molar-refractivity contribution in [2.45, 2.75) is 26.2 Å². The molecule has 0 spiro atoms. The Balaban J connectivity index is 1.77. The molecule has 4 aromatic rings. The molecule has 0 N–H and O–H groups in total. The van der Waals surface area contributed by atoms with Gasteiger partial charge in [0.25, 0.3) is 0 Å². The second-order valence-corrected chi connectivity index (χ2v) is 7.00. The molecule has 0 amide bonds. The van der Waals surface area contributed by atoms with Crippen LogP contribution in [0.4, 0.5) is 8.78 Å². The lowest BCUT2D eigenvalue weighted by atomic mass is 9.97. The molecule has 0 fully saturated rings. The van der Waals surface area contributed by atoms with Crippen LogP contribution >= 0.6 is 0 Å². The summed E-state index contributed by atoms with van der Waals surface area (Å²) in [6, 6.07) is 20.2. The van der Waals surface area contributed by atoms with Crippen molar-refractivity contribution in [3.8, 4) is 22.4 Å². The largest absolute Gasteiger partial charge is 0.253 e. The summed E-state index contributed by atoms with van der Waals surface area (Å²) < 4.78 is 28.7. The Morgan fingerprint density at radius 2 is 1.50 bits per heavy atom. The number of hydrogen-bond acceptors (Lipinski definition) is 1. The van der Waals surface area contributed by atoms with E-state index in [0.29, 0.717) is 16.6 Å². The van der Waals surface area contributed by atoms with Gasteiger partial charge in [0.2, 0.25) is 0 Å². The Kier molecular flexibility index (Phi) is 5.16. The van der Waals surface area contributed by atoms with Crippen LogP contribution in [-0.2, 0) is 6.42 Å². The molecule has 1 aromatic heterocycles. The van der Waals surface area contributed by atoms with E-state index < -0.39 is 0 Å². The van der Waals surface area contributed by atoms with Crippen molar-refractivity contribution >= 4 is 10.8 Å². The van der Waals surface area contributed by atoms with E-state index in [9.17, 15) is 8.78 Å². The molecule has 0 aliphatic rings. The molecule has 0 unspecified atom stereocenters. The molecule has 1 nitrogen and oxygen atoms in total. The van der Waals surface area contributed by atoms with Crippen LogP contribution in [0.15, 0.2) is 72.9 Å². The lowest BCUT2D eigenvalue weighted by molar-refractivity contribution is 0.631. The summed E-state index contributed by atoms with van der Waals surface area (Å²) in [7, 11) is 0. The van der Waals surface area contributed by atoms with Gasteiger partial charge in [0.1, 0.15) is 11.6 Å². The van der Waals surface area contributed by atoms with Crippen molar-refractivity contribution < 1.29 is 8.78 Å².